The minimum absolute atomic E-state index is 0.0677. The molecule has 164 valence electrons. The minimum atomic E-state index is -4.76. The Morgan fingerprint density at radius 3 is 2.67 bits per heavy atom. The number of urea groups is 1. The molecular formula is C19H23F3N4O4. The van der Waals surface area contributed by atoms with E-state index in [1.54, 1.807) is 27.9 Å². The van der Waals surface area contributed by atoms with E-state index in [1.165, 1.54) is 18.2 Å². The average molecular weight is 428 g/mol. The number of ether oxygens (including phenoxy) is 2. The highest BCUT2D eigenvalue weighted by molar-refractivity contribution is 5.88. The number of hydrogen-bond acceptors (Lipinski definition) is 5. The molecule has 0 unspecified atom stereocenters. The second-order valence-electron chi connectivity index (χ2n) is 6.80. The van der Waals surface area contributed by atoms with Gasteiger partial charge in [-0.15, -0.1) is 13.2 Å². The quantitative estimate of drug-likeness (QED) is 0.707. The molecule has 1 aromatic heterocycles. The SMILES string of the molecule is O=C(Nc1ccn(CCCO)n1)N1CCC(Oc2cccc(OC(F)(F)F)c2)CC1. The maximum Gasteiger partial charge on any atom is 0.573 e. The van der Waals surface area contributed by atoms with Crippen LogP contribution in [0.3, 0.4) is 0 Å². The highest BCUT2D eigenvalue weighted by Crippen LogP contribution is 2.27. The van der Waals surface area contributed by atoms with E-state index in [2.05, 4.69) is 15.2 Å². The molecule has 1 aliphatic heterocycles. The van der Waals surface area contributed by atoms with Gasteiger partial charge >= 0.3 is 12.4 Å². The van der Waals surface area contributed by atoms with Crippen molar-refractivity contribution in [3.05, 3.63) is 36.5 Å². The van der Waals surface area contributed by atoms with E-state index in [4.69, 9.17) is 9.84 Å². The number of amides is 2. The molecule has 1 aliphatic rings. The Morgan fingerprint density at radius 2 is 1.97 bits per heavy atom. The van der Waals surface area contributed by atoms with Crippen LogP contribution in [0.1, 0.15) is 19.3 Å². The van der Waals surface area contributed by atoms with Gasteiger partial charge in [0.15, 0.2) is 5.82 Å². The van der Waals surface area contributed by atoms with Crippen LogP contribution in [-0.2, 0) is 6.54 Å². The van der Waals surface area contributed by atoms with Crippen molar-refractivity contribution in [1.82, 2.24) is 14.7 Å². The molecule has 0 radical (unpaired) electrons. The number of aliphatic hydroxyl groups excluding tert-OH is 1. The molecule has 0 aliphatic carbocycles. The fourth-order valence-corrected chi connectivity index (χ4v) is 3.09. The number of carbonyl (C=O) groups excluding carboxylic acids is 1. The normalized spacial score (nSPS) is 15.1. The molecule has 0 bridgehead atoms. The fourth-order valence-electron chi connectivity index (χ4n) is 3.09. The summed E-state index contributed by atoms with van der Waals surface area (Å²) in [6.45, 7) is 1.52. The zero-order chi connectivity index (χ0) is 21.6. The van der Waals surface area contributed by atoms with Gasteiger partial charge in [0, 0.05) is 57.4 Å². The first-order chi connectivity index (χ1) is 14.3. The number of aliphatic hydroxyl groups is 1. The Morgan fingerprint density at radius 1 is 1.23 bits per heavy atom. The summed E-state index contributed by atoms with van der Waals surface area (Å²) in [5, 5.41) is 15.8. The Bertz CT molecular complexity index is 835. The zero-order valence-corrected chi connectivity index (χ0v) is 16.1. The third kappa shape index (κ3) is 6.55. The van der Waals surface area contributed by atoms with Crippen LogP contribution >= 0.6 is 0 Å². The number of nitrogens with zero attached hydrogens (tertiary/aromatic N) is 3. The molecule has 8 nitrogen and oxygen atoms in total. The molecule has 30 heavy (non-hydrogen) atoms. The summed E-state index contributed by atoms with van der Waals surface area (Å²) >= 11 is 0. The lowest BCUT2D eigenvalue weighted by atomic mass is 10.1. The molecule has 2 amide bonds. The van der Waals surface area contributed by atoms with Crippen LogP contribution in [0.25, 0.3) is 0 Å². The highest BCUT2D eigenvalue weighted by Gasteiger charge is 2.31. The van der Waals surface area contributed by atoms with Gasteiger partial charge in [0.1, 0.15) is 17.6 Å². The second kappa shape index (κ2) is 9.70. The molecule has 1 fully saturated rings. The third-order valence-corrected chi connectivity index (χ3v) is 4.49. The Balaban J connectivity index is 1.46. The van der Waals surface area contributed by atoms with Gasteiger partial charge in [-0.05, 0) is 18.6 Å². The van der Waals surface area contributed by atoms with Gasteiger partial charge in [0.2, 0.25) is 0 Å². The molecule has 2 aromatic rings. The van der Waals surface area contributed by atoms with Gasteiger partial charge < -0.3 is 19.5 Å². The Hall–Kier alpha value is -2.95. The summed E-state index contributed by atoms with van der Waals surface area (Å²) in [5.74, 6) is 0.376. The molecule has 1 aromatic carbocycles. The predicted octanol–water partition coefficient (Wildman–Crippen LogP) is 3.24. The van der Waals surface area contributed by atoms with E-state index in [1.807, 2.05) is 0 Å². The van der Waals surface area contributed by atoms with Crippen LogP contribution in [0.4, 0.5) is 23.8 Å². The predicted molar refractivity (Wildman–Crippen MR) is 101 cm³/mol. The van der Waals surface area contributed by atoms with Crippen LogP contribution in [-0.4, -0.2) is 58.0 Å². The molecule has 0 atom stereocenters. The molecule has 1 saturated heterocycles. The van der Waals surface area contributed by atoms with Crippen LogP contribution in [0.2, 0.25) is 0 Å². The number of piperidine rings is 1. The van der Waals surface area contributed by atoms with E-state index < -0.39 is 6.36 Å². The van der Waals surface area contributed by atoms with Crippen LogP contribution in [0.15, 0.2) is 36.5 Å². The first-order valence-corrected chi connectivity index (χ1v) is 9.55. The standard InChI is InChI=1S/C19H23F3N4O4/c20-19(21,22)30-16-4-1-3-15(13-16)29-14-5-9-25(10-6-14)18(28)23-17-7-11-26(24-17)8-2-12-27/h1,3-4,7,11,13-14,27H,2,5-6,8-10,12H2,(H,23,24,28). The lowest BCUT2D eigenvalue weighted by molar-refractivity contribution is -0.274. The molecule has 0 saturated carbocycles. The molecule has 3 rings (SSSR count). The molecular weight excluding hydrogens is 405 g/mol. The summed E-state index contributed by atoms with van der Waals surface area (Å²) in [6.07, 6.45) is -1.58. The Kier molecular flexibility index (Phi) is 7.03. The number of nitrogens with one attached hydrogen (secondary N) is 1. The number of likely N-dealkylation sites (tertiary alicyclic amines) is 1. The van der Waals surface area contributed by atoms with Crippen molar-refractivity contribution >= 4 is 11.8 Å². The number of benzene rings is 1. The number of hydrogen-bond donors (Lipinski definition) is 2. The summed E-state index contributed by atoms with van der Waals surface area (Å²) in [6, 6.07) is 6.80. The van der Waals surface area contributed by atoms with E-state index >= 15 is 0 Å². The Labute approximate surface area is 171 Å². The number of carbonyl (C=O) groups is 1. The van der Waals surface area contributed by atoms with Gasteiger partial charge in [0.25, 0.3) is 0 Å². The van der Waals surface area contributed by atoms with E-state index in [0.29, 0.717) is 44.7 Å². The second-order valence-corrected chi connectivity index (χ2v) is 6.80. The summed E-state index contributed by atoms with van der Waals surface area (Å²) < 4.78 is 48.3. The maximum absolute atomic E-state index is 12.4. The summed E-state index contributed by atoms with van der Waals surface area (Å²) in [7, 11) is 0. The van der Waals surface area contributed by atoms with E-state index in [0.717, 1.165) is 0 Å². The topological polar surface area (TPSA) is 88.9 Å². The molecule has 11 heteroatoms. The van der Waals surface area contributed by atoms with Crippen molar-refractivity contribution < 1.29 is 32.5 Å². The smallest absolute Gasteiger partial charge is 0.490 e. The van der Waals surface area contributed by atoms with Gasteiger partial charge in [-0.2, -0.15) is 5.10 Å². The number of rotatable bonds is 7. The van der Waals surface area contributed by atoms with Crippen molar-refractivity contribution in [3.8, 4) is 11.5 Å². The number of aromatic nitrogens is 2. The monoisotopic (exact) mass is 428 g/mol. The van der Waals surface area contributed by atoms with Crippen molar-refractivity contribution in [2.45, 2.75) is 38.3 Å². The van der Waals surface area contributed by atoms with Crippen LogP contribution < -0.4 is 14.8 Å². The summed E-state index contributed by atoms with van der Waals surface area (Å²) in [5.41, 5.74) is 0. The first kappa shape index (κ1) is 21.8. The first-order valence-electron chi connectivity index (χ1n) is 9.55. The number of alkyl halides is 3. The molecule has 2 N–H and O–H groups in total. The molecule has 0 spiro atoms. The van der Waals surface area contributed by atoms with Crippen LogP contribution in [0, 0.1) is 0 Å². The van der Waals surface area contributed by atoms with Crippen molar-refractivity contribution in [2.75, 3.05) is 25.0 Å². The summed E-state index contributed by atoms with van der Waals surface area (Å²) in [4.78, 5) is 14.0. The highest BCUT2D eigenvalue weighted by atomic mass is 19.4. The molecule has 2 heterocycles. The number of aryl methyl sites for hydroxylation is 1. The van der Waals surface area contributed by atoms with Gasteiger partial charge in [-0.1, -0.05) is 6.07 Å². The fraction of sp³-hybridized carbons (Fsp3) is 0.474. The van der Waals surface area contributed by atoms with E-state index in [-0.39, 0.29) is 30.2 Å². The lowest BCUT2D eigenvalue weighted by Crippen LogP contribution is -2.43. The van der Waals surface area contributed by atoms with Gasteiger partial charge in [0.05, 0.1) is 0 Å². The van der Waals surface area contributed by atoms with Crippen LogP contribution in [0.5, 0.6) is 11.5 Å². The number of halogens is 3. The zero-order valence-electron chi connectivity index (χ0n) is 16.1. The largest absolute Gasteiger partial charge is 0.573 e. The van der Waals surface area contributed by atoms with Gasteiger partial charge in [-0.3, -0.25) is 10.00 Å². The van der Waals surface area contributed by atoms with Crippen molar-refractivity contribution in [3.63, 3.8) is 0 Å². The lowest BCUT2D eigenvalue weighted by Gasteiger charge is -2.32. The minimum Gasteiger partial charge on any atom is -0.490 e. The third-order valence-electron chi connectivity index (χ3n) is 4.49. The number of anilines is 1. The maximum atomic E-state index is 12.4. The average Bonchev–Trinajstić information content (AvgIpc) is 3.13. The van der Waals surface area contributed by atoms with Crippen molar-refractivity contribution in [2.24, 2.45) is 0 Å². The van der Waals surface area contributed by atoms with Gasteiger partial charge in [-0.25, -0.2) is 4.79 Å². The van der Waals surface area contributed by atoms with Crippen molar-refractivity contribution in [1.29, 1.82) is 0 Å². The van der Waals surface area contributed by atoms with E-state index in [9.17, 15) is 18.0 Å².